The standard InChI is InChI=1S/C18H18N4O5S/c1-25-13-6-4-5-12(9-13)21-17(19-20-18(21)28)8-11-7-15(26-2)16(27-3)10-14(11)22(23)24/h4-7,9-10H,8H2,1-3H3,(H,20,28). The summed E-state index contributed by atoms with van der Waals surface area (Å²) in [5.41, 5.74) is 1.06. The predicted molar refractivity (Wildman–Crippen MR) is 104 cm³/mol. The van der Waals surface area contributed by atoms with Gasteiger partial charge in [-0.15, -0.1) is 0 Å². The van der Waals surface area contributed by atoms with Crippen LogP contribution in [0, 0.1) is 14.9 Å². The van der Waals surface area contributed by atoms with E-state index in [1.165, 1.54) is 20.3 Å². The third-order valence-corrected chi connectivity index (χ3v) is 4.46. The lowest BCUT2D eigenvalue weighted by Gasteiger charge is -2.12. The molecular weight excluding hydrogens is 384 g/mol. The maximum absolute atomic E-state index is 11.6. The summed E-state index contributed by atoms with van der Waals surface area (Å²) in [6, 6.07) is 10.2. The molecule has 0 saturated carbocycles. The van der Waals surface area contributed by atoms with E-state index in [1.54, 1.807) is 23.8 Å². The van der Waals surface area contributed by atoms with Crippen LogP contribution in [0.4, 0.5) is 5.69 Å². The Morgan fingerprint density at radius 1 is 1.14 bits per heavy atom. The number of nitrogens with zero attached hydrogens (tertiary/aromatic N) is 3. The van der Waals surface area contributed by atoms with E-state index in [9.17, 15) is 10.1 Å². The monoisotopic (exact) mass is 402 g/mol. The number of aromatic amines is 1. The molecule has 1 N–H and O–H groups in total. The van der Waals surface area contributed by atoms with Crippen LogP contribution in [0.2, 0.25) is 0 Å². The van der Waals surface area contributed by atoms with E-state index < -0.39 is 4.92 Å². The Hall–Kier alpha value is -3.40. The zero-order chi connectivity index (χ0) is 20.3. The summed E-state index contributed by atoms with van der Waals surface area (Å²) in [7, 11) is 4.47. The van der Waals surface area contributed by atoms with Crippen LogP contribution in [-0.4, -0.2) is 41.0 Å². The molecule has 2 aromatic carbocycles. The molecular formula is C18H18N4O5S. The third kappa shape index (κ3) is 3.67. The molecule has 0 spiro atoms. The Morgan fingerprint density at radius 2 is 1.86 bits per heavy atom. The highest BCUT2D eigenvalue weighted by Gasteiger charge is 2.22. The Morgan fingerprint density at radius 3 is 2.50 bits per heavy atom. The highest BCUT2D eigenvalue weighted by Crippen LogP contribution is 2.35. The number of ether oxygens (including phenoxy) is 3. The lowest BCUT2D eigenvalue weighted by atomic mass is 10.1. The van der Waals surface area contributed by atoms with Crippen LogP contribution in [-0.2, 0) is 6.42 Å². The lowest BCUT2D eigenvalue weighted by molar-refractivity contribution is -0.385. The van der Waals surface area contributed by atoms with Gasteiger partial charge in [-0.3, -0.25) is 19.8 Å². The predicted octanol–water partition coefficient (Wildman–Crippen LogP) is 3.45. The highest BCUT2D eigenvalue weighted by molar-refractivity contribution is 7.71. The molecule has 0 unspecified atom stereocenters. The number of nitrogens with one attached hydrogen (secondary N) is 1. The SMILES string of the molecule is COc1cccc(-n2c(Cc3cc(OC)c(OC)cc3[N+](=O)[O-])n[nH]c2=S)c1. The van der Waals surface area contributed by atoms with Gasteiger partial charge in [0, 0.05) is 18.1 Å². The number of nitro benzene ring substituents is 1. The van der Waals surface area contributed by atoms with Crippen molar-refractivity contribution in [1.29, 1.82) is 0 Å². The molecule has 3 aromatic rings. The minimum atomic E-state index is -0.464. The summed E-state index contributed by atoms with van der Waals surface area (Å²) in [6.07, 6.45) is 0.154. The molecule has 0 saturated heterocycles. The quantitative estimate of drug-likeness (QED) is 0.367. The minimum absolute atomic E-state index is 0.0937. The maximum atomic E-state index is 11.6. The Bertz CT molecular complexity index is 1080. The van der Waals surface area contributed by atoms with Gasteiger partial charge in [0.25, 0.3) is 5.69 Å². The van der Waals surface area contributed by atoms with E-state index >= 15 is 0 Å². The Kier molecular flexibility index (Phi) is 5.59. The number of methoxy groups -OCH3 is 3. The zero-order valence-corrected chi connectivity index (χ0v) is 16.3. The Balaban J connectivity index is 2.10. The number of rotatable bonds is 7. The third-order valence-electron chi connectivity index (χ3n) is 4.18. The summed E-state index contributed by atoms with van der Waals surface area (Å²) < 4.78 is 17.8. The molecule has 28 heavy (non-hydrogen) atoms. The van der Waals surface area contributed by atoms with Crippen molar-refractivity contribution >= 4 is 17.9 Å². The maximum Gasteiger partial charge on any atom is 0.277 e. The van der Waals surface area contributed by atoms with Crippen LogP contribution in [0.25, 0.3) is 5.69 Å². The molecule has 0 radical (unpaired) electrons. The van der Waals surface area contributed by atoms with E-state index in [4.69, 9.17) is 26.4 Å². The number of hydrogen-bond acceptors (Lipinski definition) is 7. The fourth-order valence-electron chi connectivity index (χ4n) is 2.86. The molecule has 0 amide bonds. The first-order chi connectivity index (χ1) is 13.5. The van der Waals surface area contributed by atoms with E-state index in [0.717, 1.165) is 5.69 Å². The number of H-pyrrole nitrogens is 1. The van der Waals surface area contributed by atoms with Gasteiger partial charge < -0.3 is 14.2 Å². The number of hydrogen-bond donors (Lipinski definition) is 1. The van der Waals surface area contributed by atoms with Crippen molar-refractivity contribution in [2.24, 2.45) is 0 Å². The summed E-state index contributed by atoms with van der Waals surface area (Å²) in [4.78, 5) is 11.1. The second kappa shape index (κ2) is 8.09. The molecule has 0 aliphatic carbocycles. The molecule has 0 aliphatic heterocycles. The van der Waals surface area contributed by atoms with Crippen molar-refractivity contribution in [2.45, 2.75) is 6.42 Å². The lowest BCUT2D eigenvalue weighted by Crippen LogP contribution is -2.05. The van der Waals surface area contributed by atoms with Crippen molar-refractivity contribution in [3.05, 3.63) is 62.7 Å². The van der Waals surface area contributed by atoms with Gasteiger partial charge in [0.05, 0.1) is 38.0 Å². The molecule has 0 fully saturated rings. The molecule has 1 aromatic heterocycles. The molecule has 9 nitrogen and oxygen atoms in total. The average molecular weight is 402 g/mol. The summed E-state index contributed by atoms with van der Waals surface area (Å²) in [5, 5.41) is 18.6. The Labute approximate surface area is 165 Å². The van der Waals surface area contributed by atoms with Crippen molar-refractivity contribution in [1.82, 2.24) is 14.8 Å². The van der Waals surface area contributed by atoms with E-state index in [1.807, 2.05) is 18.2 Å². The van der Waals surface area contributed by atoms with Gasteiger partial charge in [0.2, 0.25) is 0 Å². The largest absolute Gasteiger partial charge is 0.497 e. The first kappa shape index (κ1) is 19.4. The van der Waals surface area contributed by atoms with E-state index in [2.05, 4.69) is 10.2 Å². The second-order valence-corrected chi connectivity index (χ2v) is 6.14. The summed E-state index contributed by atoms with van der Waals surface area (Å²) in [5.74, 6) is 1.84. The van der Waals surface area contributed by atoms with Crippen molar-refractivity contribution < 1.29 is 19.1 Å². The molecule has 3 rings (SSSR count). The highest BCUT2D eigenvalue weighted by atomic mass is 32.1. The van der Waals surface area contributed by atoms with Gasteiger partial charge in [0.15, 0.2) is 16.3 Å². The van der Waals surface area contributed by atoms with Gasteiger partial charge in [-0.1, -0.05) is 6.07 Å². The van der Waals surface area contributed by atoms with Crippen LogP contribution < -0.4 is 14.2 Å². The summed E-state index contributed by atoms with van der Waals surface area (Å²) >= 11 is 5.35. The number of aromatic nitrogens is 3. The minimum Gasteiger partial charge on any atom is -0.497 e. The molecule has 0 aliphatic rings. The van der Waals surface area contributed by atoms with E-state index in [-0.39, 0.29) is 17.9 Å². The average Bonchev–Trinajstić information content (AvgIpc) is 3.07. The first-order valence-electron chi connectivity index (χ1n) is 8.18. The molecule has 146 valence electrons. The summed E-state index contributed by atoms with van der Waals surface area (Å²) in [6.45, 7) is 0. The van der Waals surface area contributed by atoms with Crippen molar-refractivity contribution in [3.63, 3.8) is 0 Å². The van der Waals surface area contributed by atoms with Gasteiger partial charge in [-0.25, -0.2) is 0 Å². The van der Waals surface area contributed by atoms with Crippen LogP contribution in [0.1, 0.15) is 11.4 Å². The van der Waals surface area contributed by atoms with Crippen molar-refractivity contribution in [3.8, 4) is 22.9 Å². The number of nitro groups is 1. The normalized spacial score (nSPS) is 10.5. The van der Waals surface area contributed by atoms with Crippen LogP contribution in [0.5, 0.6) is 17.2 Å². The smallest absolute Gasteiger partial charge is 0.277 e. The van der Waals surface area contributed by atoms with Crippen LogP contribution >= 0.6 is 12.2 Å². The molecule has 1 heterocycles. The van der Waals surface area contributed by atoms with Gasteiger partial charge >= 0.3 is 0 Å². The fourth-order valence-corrected chi connectivity index (χ4v) is 3.11. The number of benzene rings is 2. The first-order valence-corrected chi connectivity index (χ1v) is 8.59. The van der Waals surface area contributed by atoms with Crippen LogP contribution in [0.15, 0.2) is 36.4 Å². The zero-order valence-electron chi connectivity index (χ0n) is 15.5. The molecule has 0 bridgehead atoms. The van der Waals surface area contributed by atoms with Crippen molar-refractivity contribution in [2.75, 3.05) is 21.3 Å². The van der Waals surface area contributed by atoms with Gasteiger partial charge in [0.1, 0.15) is 11.6 Å². The molecule has 0 atom stereocenters. The van der Waals surface area contributed by atoms with E-state index in [0.29, 0.717) is 27.7 Å². The topological polar surface area (TPSA) is 104 Å². The van der Waals surface area contributed by atoms with Gasteiger partial charge in [-0.05, 0) is 30.4 Å². The second-order valence-electron chi connectivity index (χ2n) is 5.75. The fraction of sp³-hybridized carbons (Fsp3) is 0.222. The van der Waals surface area contributed by atoms with Gasteiger partial charge in [-0.2, -0.15) is 5.10 Å². The molecule has 10 heteroatoms. The van der Waals surface area contributed by atoms with Crippen LogP contribution in [0.3, 0.4) is 0 Å².